The van der Waals surface area contributed by atoms with Crippen molar-refractivity contribution in [3.63, 3.8) is 0 Å². The summed E-state index contributed by atoms with van der Waals surface area (Å²) in [6, 6.07) is 4.69. The molecule has 6 heteroatoms. The summed E-state index contributed by atoms with van der Waals surface area (Å²) in [5, 5.41) is 0.540. The summed E-state index contributed by atoms with van der Waals surface area (Å²) in [6.07, 6.45) is 0.401. The first-order chi connectivity index (χ1) is 9.99. The molecule has 2 rings (SSSR count). The number of anilines is 1. The van der Waals surface area contributed by atoms with E-state index in [0.29, 0.717) is 36.0 Å². The molecule has 1 aliphatic rings. The van der Waals surface area contributed by atoms with Gasteiger partial charge in [0.05, 0.1) is 12.8 Å². The van der Waals surface area contributed by atoms with E-state index in [1.165, 1.54) is 0 Å². The summed E-state index contributed by atoms with van der Waals surface area (Å²) < 4.78 is 5.30. The van der Waals surface area contributed by atoms with Crippen LogP contribution in [0.2, 0.25) is 5.02 Å². The van der Waals surface area contributed by atoms with E-state index in [1.807, 2.05) is 0 Å². The SMILES string of the molecule is CCC(=O)N1CCN(c2cc(Cl)ccc2OC)C(=O)[C@H]1C. The van der Waals surface area contributed by atoms with Crippen molar-refractivity contribution >= 4 is 29.1 Å². The van der Waals surface area contributed by atoms with Gasteiger partial charge in [-0.15, -0.1) is 0 Å². The van der Waals surface area contributed by atoms with Crippen LogP contribution >= 0.6 is 11.6 Å². The van der Waals surface area contributed by atoms with E-state index in [9.17, 15) is 9.59 Å². The Morgan fingerprint density at radius 3 is 2.76 bits per heavy atom. The number of amides is 2. The highest BCUT2D eigenvalue weighted by atomic mass is 35.5. The van der Waals surface area contributed by atoms with Crippen LogP contribution in [0.3, 0.4) is 0 Å². The number of halogens is 1. The van der Waals surface area contributed by atoms with E-state index in [4.69, 9.17) is 16.3 Å². The molecule has 0 radical (unpaired) electrons. The first-order valence-electron chi connectivity index (χ1n) is 6.94. The topological polar surface area (TPSA) is 49.9 Å². The zero-order valence-electron chi connectivity index (χ0n) is 12.4. The minimum Gasteiger partial charge on any atom is -0.495 e. The van der Waals surface area contributed by atoms with E-state index < -0.39 is 6.04 Å². The fourth-order valence-corrected chi connectivity index (χ4v) is 2.69. The van der Waals surface area contributed by atoms with Crippen LogP contribution in [-0.2, 0) is 9.59 Å². The molecule has 0 saturated carbocycles. The van der Waals surface area contributed by atoms with Crippen LogP contribution < -0.4 is 9.64 Å². The molecule has 0 aliphatic carbocycles. The van der Waals surface area contributed by atoms with Gasteiger partial charge in [-0.05, 0) is 25.1 Å². The minimum atomic E-state index is -0.477. The predicted molar refractivity (Wildman–Crippen MR) is 81.8 cm³/mol. The predicted octanol–water partition coefficient (Wildman–Crippen LogP) is 2.32. The number of benzene rings is 1. The average Bonchev–Trinajstić information content (AvgIpc) is 2.49. The van der Waals surface area contributed by atoms with E-state index in [-0.39, 0.29) is 11.8 Å². The Hall–Kier alpha value is -1.75. The first-order valence-corrected chi connectivity index (χ1v) is 7.31. The molecule has 0 bridgehead atoms. The number of piperazine rings is 1. The number of rotatable bonds is 3. The molecule has 0 unspecified atom stereocenters. The molecule has 0 spiro atoms. The monoisotopic (exact) mass is 310 g/mol. The number of hydrogen-bond acceptors (Lipinski definition) is 3. The fraction of sp³-hybridized carbons (Fsp3) is 0.467. The summed E-state index contributed by atoms with van der Waals surface area (Å²) in [6.45, 7) is 4.49. The van der Waals surface area contributed by atoms with Crippen molar-refractivity contribution in [2.24, 2.45) is 0 Å². The smallest absolute Gasteiger partial charge is 0.249 e. The summed E-state index contributed by atoms with van der Waals surface area (Å²) in [4.78, 5) is 27.7. The third-order valence-corrected chi connectivity index (χ3v) is 3.95. The molecule has 5 nitrogen and oxygen atoms in total. The van der Waals surface area contributed by atoms with Crippen molar-refractivity contribution in [3.8, 4) is 5.75 Å². The number of carbonyl (C=O) groups excluding carboxylic acids is 2. The molecule has 114 valence electrons. The second kappa shape index (κ2) is 6.35. The third kappa shape index (κ3) is 2.97. The number of ether oxygens (including phenoxy) is 1. The van der Waals surface area contributed by atoms with Gasteiger partial charge in [0.1, 0.15) is 11.8 Å². The molecular weight excluding hydrogens is 292 g/mol. The second-order valence-electron chi connectivity index (χ2n) is 4.92. The zero-order valence-corrected chi connectivity index (χ0v) is 13.2. The zero-order chi connectivity index (χ0) is 15.6. The molecule has 1 aromatic carbocycles. The van der Waals surface area contributed by atoms with Crippen LogP contribution in [0, 0.1) is 0 Å². The van der Waals surface area contributed by atoms with Gasteiger partial charge in [-0.3, -0.25) is 9.59 Å². The lowest BCUT2D eigenvalue weighted by Crippen LogP contribution is -2.57. The number of carbonyl (C=O) groups is 2. The van der Waals surface area contributed by atoms with Gasteiger partial charge in [-0.1, -0.05) is 18.5 Å². The molecule has 1 atom stereocenters. The number of nitrogens with zero attached hydrogens (tertiary/aromatic N) is 2. The van der Waals surface area contributed by atoms with Gasteiger partial charge in [0.25, 0.3) is 0 Å². The lowest BCUT2D eigenvalue weighted by Gasteiger charge is -2.39. The van der Waals surface area contributed by atoms with Crippen molar-refractivity contribution < 1.29 is 14.3 Å². The molecule has 0 N–H and O–H groups in total. The molecule has 21 heavy (non-hydrogen) atoms. The Morgan fingerprint density at radius 1 is 1.43 bits per heavy atom. The largest absolute Gasteiger partial charge is 0.495 e. The molecule has 1 heterocycles. The Kier molecular flexibility index (Phi) is 4.73. The lowest BCUT2D eigenvalue weighted by molar-refractivity contribution is -0.140. The van der Waals surface area contributed by atoms with Crippen molar-refractivity contribution in [2.45, 2.75) is 26.3 Å². The van der Waals surface area contributed by atoms with Crippen LogP contribution in [0.4, 0.5) is 5.69 Å². The van der Waals surface area contributed by atoms with Crippen LogP contribution in [-0.4, -0.2) is 43.0 Å². The van der Waals surface area contributed by atoms with Crippen LogP contribution in [0.25, 0.3) is 0 Å². The quantitative estimate of drug-likeness (QED) is 0.861. The molecule has 2 amide bonds. The summed E-state index contributed by atoms with van der Waals surface area (Å²) >= 11 is 6.02. The Balaban J connectivity index is 2.30. The van der Waals surface area contributed by atoms with Gasteiger partial charge in [0, 0.05) is 24.5 Å². The number of hydrogen-bond donors (Lipinski definition) is 0. The summed E-state index contributed by atoms with van der Waals surface area (Å²) in [5.74, 6) is 0.465. The van der Waals surface area contributed by atoms with Gasteiger partial charge in [0.2, 0.25) is 11.8 Å². The van der Waals surface area contributed by atoms with E-state index in [1.54, 1.807) is 49.0 Å². The van der Waals surface area contributed by atoms with Crippen LogP contribution in [0.15, 0.2) is 18.2 Å². The average molecular weight is 311 g/mol. The normalized spacial score (nSPS) is 18.9. The maximum Gasteiger partial charge on any atom is 0.249 e. The first kappa shape index (κ1) is 15.6. The second-order valence-corrected chi connectivity index (χ2v) is 5.36. The highest BCUT2D eigenvalue weighted by Crippen LogP contribution is 2.33. The van der Waals surface area contributed by atoms with Gasteiger partial charge in [-0.25, -0.2) is 0 Å². The van der Waals surface area contributed by atoms with Crippen LogP contribution in [0.5, 0.6) is 5.75 Å². The van der Waals surface area contributed by atoms with Gasteiger partial charge in [0.15, 0.2) is 0 Å². The van der Waals surface area contributed by atoms with E-state index >= 15 is 0 Å². The third-order valence-electron chi connectivity index (χ3n) is 3.71. The van der Waals surface area contributed by atoms with Crippen molar-refractivity contribution in [3.05, 3.63) is 23.2 Å². The highest BCUT2D eigenvalue weighted by molar-refractivity contribution is 6.31. The van der Waals surface area contributed by atoms with Crippen LogP contribution in [0.1, 0.15) is 20.3 Å². The maximum absolute atomic E-state index is 12.6. The van der Waals surface area contributed by atoms with E-state index in [0.717, 1.165) is 0 Å². The standard InChI is InChI=1S/C15H19ClN2O3/c1-4-14(19)17-7-8-18(15(20)10(17)2)12-9-11(16)5-6-13(12)21-3/h5-6,9-10H,4,7-8H2,1-3H3/t10-/m1/s1. The van der Waals surface area contributed by atoms with Crippen molar-refractivity contribution in [1.29, 1.82) is 0 Å². The summed E-state index contributed by atoms with van der Waals surface area (Å²) in [5.41, 5.74) is 0.644. The van der Waals surface area contributed by atoms with E-state index in [2.05, 4.69) is 0 Å². The Labute approximate surface area is 129 Å². The Morgan fingerprint density at radius 2 is 2.14 bits per heavy atom. The summed E-state index contributed by atoms with van der Waals surface area (Å²) in [7, 11) is 1.55. The minimum absolute atomic E-state index is 0.00596. The molecule has 1 saturated heterocycles. The molecular formula is C15H19ClN2O3. The van der Waals surface area contributed by atoms with Gasteiger partial charge >= 0.3 is 0 Å². The molecule has 1 fully saturated rings. The Bertz CT molecular complexity index is 562. The number of methoxy groups -OCH3 is 1. The molecule has 1 aliphatic heterocycles. The maximum atomic E-state index is 12.6. The van der Waals surface area contributed by atoms with Crippen molar-refractivity contribution in [2.75, 3.05) is 25.1 Å². The highest BCUT2D eigenvalue weighted by Gasteiger charge is 2.35. The fourth-order valence-electron chi connectivity index (χ4n) is 2.53. The molecule has 1 aromatic rings. The van der Waals surface area contributed by atoms with Gasteiger partial charge in [-0.2, -0.15) is 0 Å². The lowest BCUT2D eigenvalue weighted by atomic mass is 10.1. The van der Waals surface area contributed by atoms with Crippen molar-refractivity contribution in [1.82, 2.24) is 4.90 Å². The van der Waals surface area contributed by atoms with Gasteiger partial charge < -0.3 is 14.5 Å². The molecule has 0 aromatic heterocycles.